The van der Waals surface area contributed by atoms with Crippen LogP contribution in [-0.4, -0.2) is 92.1 Å². The average Bonchev–Trinajstić information content (AvgIpc) is 2.98. The van der Waals surface area contributed by atoms with E-state index in [4.69, 9.17) is 24.6 Å². The van der Waals surface area contributed by atoms with Crippen molar-refractivity contribution in [2.75, 3.05) is 53.0 Å². The van der Waals surface area contributed by atoms with E-state index in [0.29, 0.717) is 30.2 Å². The number of hydrogen-bond acceptors (Lipinski definition) is 6. The number of carbonyl (C=O) groups is 2. The summed E-state index contributed by atoms with van der Waals surface area (Å²) in [6.45, 7) is 5.68. The highest BCUT2D eigenvalue weighted by atomic mass is 19.4. The molecule has 2 heterocycles. The minimum absolute atomic E-state index is 0.0204. The largest absolute Gasteiger partial charge is 0.490 e. The fourth-order valence-electron chi connectivity index (χ4n) is 3.60. The number of carboxylic acids is 1. The van der Waals surface area contributed by atoms with Gasteiger partial charge in [0.05, 0.1) is 31.0 Å². The highest BCUT2D eigenvalue weighted by Gasteiger charge is 2.38. The van der Waals surface area contributed by atoms with E-state index in [2.05, 4.69) is 11.0 Å². The fraction of sp³-hybridized carbons (Fsp3) is 0.571. The second-order valence-corrected chi connectivity index (χ2v) is 7.49. The lowest BCUT2D eigenvalue weighted by Crippen LogP contribution is -2.49. The number of nitrogens with zero attached hydrogens (tertiary/aromatic N) is 3. The van der Waals surface area contributed by atoms with Crippen molar-refractivity contribution in [1.82, 2.24) is 9.80 Å². The molecule has 0 unspecified atom stereocenters. The molecule has 1 N–H and O–H groups in total. The number of nitriles is 1. The maximum atomic E-state index is 12.7. The van der Waals surface area contributed by atoms with Gasteiger partial charge in [-0.15, -0.1) is 0 Å². The monoisotopic (exact) mass is 457 g/mol. The number of halogens is 3. The zero-order chi connectivity index (χ0) is 23.7. The number of amides is 1. The van der Waals surface area contributed by atoms with Gasteiger partial charge in [0.2, 0.25) is 0 Å². The van der Waals surface area contributed by atoms with Crippen LogP contribution in [-0.2, 0) is 14.3 Å². The maximum absolute atomic E-state index is 12.7. The van der Waals surface area contributed by atoms with Crippen LogP contribution in [0.1, 0.15) is 22.3 Å². The Labute approximate surface area is 184 Å². The Kier molecular flexibility index (Phi) is 9.43. The van der Waals surface area contributed by atoms with Crippen LogP contribution >= 0.6 is 0 Å². The molecule has 2 aliphatic rings. The van der Waals surface area contributed by atoms with Gasteiger partial charge in [-0.25, -0.2) is 4.79 Å². The SMILES string of the molecule is COCCN1CCO[C@@H]2CN(C(=O)c3ccc(C#N)cc3)CC[C@@H]2C1.O=C(O)C(F)(F)F. The van der Waals surface area contributed by atoms with Crippen molar-refractivity contribution in [2.45, 2.75) is 18.7 Å². The van der Waals surface area contributed by atoms with Gasteiger partial charge < -0.3 is 19.5 Å². The summed E-state index contributed by atoms with van der Waals surface area (Å²) in [4.78, 5) is 25.9. The summed E-state index contributed by atoms with van der Waals surface area (Å²) in [5.41, 5.74) is 1.20. The zero-order valence-corrected chi connectivity index (χ0v) is 17.7. The van der Waals surface area contributed by atoms with E-state index in [9.17, 15) is 18.0 Å². The topological polar surface area (TPSA) is 103 Å². The quantitative estimate of drug-likeness (QED) is 0.738. The molecule has 0 aliphatic carbocycles. The molecular formula is C21H26F3N3O5. The second-order valence-electron chi connectivity index (χ2n) is 7.49. The van der Waals surface area contributed by atoms with Gasteiger partial charge >= 0.3 is 12.1 Å². The molecule has 0 spiro atoms. The Hall–Kier alpha value is -2.68. The molecule has 2 fully saturated rings. The van der Waals surface area contributed by atoms with Gasteiger partial charge in [0, 0.05) is 51.3 Å². The third-order valence-electron chi connectivity index (χ3n) is 5.33. The van der Waals surface area contributed by atoms with Crippen LogP contribution in [0.2, 0.25) is 0 Å². The van der Waals surface area contributed by atoms with Crippen LogP contribution in [0.5, 0.6) is 0 Å². The van der Waals surface area contributed by atoms with Gasteiger partial charge in [0.1, 0.15) is 0 Å². The number of carboxylic acid groups (broad SMARTS) is 1. The highest BCUT2D eigenvalue weighted by molar-refractivity contribution is 5.94. The molecule has 2 saturated heterocycles. The van der Waals surface area contributed by atoms with Crippen molar-refractivity contribution in [3.63, 3.8) is 0 Å². The van der Waals surface area contributed by atoms with E-state index in [1.807, 2.05) is 4.90 Å². The van der Waals surface area contributed by atoms with E-state index in [1.54, 1.807) is 31.4 Å². The molecule has 11 heteroatoms. The zero-order valence-electron chi connectivity index (χ0n) is 17.7. The molecule has 2 aliphatic heterocycles. The smallest absolute Gasteiger partial charge is 0.475 e. The molecule has 0 bridgehead atoms. The van der Waals surface area contributed by atoms with E-state index in [-0.39, 0.29) is 12.0 Å². The molecule has 0 radical (unpaired) electrons. The Morgan fingerprint density at radius 3 is 2.47 bits per heavy atom. The molecule has 0 aromatic heterocycles. The summed E-state index contributed by atoms with van der Waals surface area (Å²) in [5, 5.41) is 16.0. The molecule has 2 atom stereocenters. The molecule has 1 aromatic rings. The molecule has 8 nitrogen and oxygen atoms in total. The number of piperidine rings is 1. The van der Waals surface area contributed by atoms with Crippen molar-refractivity contribution in [2.24, 2.45) is 5.92 Å². The lowest BCUT2D eigenvalue weighted by atomic mass is 9.92. The Morgan fingerprint density at radius 2 is 1.91 bits per heavy atom. The standard InChI is InChI=1S/C19H25N3O3.C2HF3O2/c1-24-10-8-21-9-11-25-18-14-22(7-6-17(18)13-21)19(23)16-4-2-15(12-20)3-5-16;3-2(4,5)1(6)7/h2-5,17-18H,6-11,13-14H2,1H3;(H,6,7)/t17-,18-;/m1./s1. The first kappa shape index (κ1) is 25.6. The first-order valence-corrected chi connectivity index (χ1v) is 10.1. The molecule has 1 amide bonds. The summed E-state index contributed by atoms with van der Waals surface area (Å²) in [6, 6.07) is 8.92. The lowest BCUT2D eigenvalue weighted by Gasteiger charge is -2.38. The summed E-state index contributed by atoms with van der Waals surface area (Å²) < 4.78 is 43.0. The van der Waals surface area contributed by atoms with Crippen molar-refractivity contribution in [3.05, 3.63) is 35.4 Å². The van der Waals surface area contributed by atoms with Crippen LogP contribution < -0.4 is 0 Å². The van der Waals surface area contributed by atoms with E-state index in [0.717, 1.165) is 39.2 Å². The number of rotatable bonds is 4. The maximum Gasteiger partial charge on any atom is 0.490 e. The Bertz CT molecular complexity index is 810. The Balaban J connectivity index is 0.000000451. The van der Waals surface area contributed by atoms with Crippen LogP contribution in [0.25, 0.3) is 0 Å². The van der Waals surface area contributed by atoms with Crippen LogP contribution in [0.15, 0.2) is 24.3 Å². The molecule has 0 saturated carbocycles. The number of methoxy groups -OCH3 is 1. The number of aliphatic carboxylic acids is 1. The average molecular weight is 457 g/mol. The van der Waals surface area contributed by atoms with Gasteiger partial charge in [-0.1, -0.05) is 0 Å². The van der Waals surface area contributed by atoms with Crippen molar-refractivity contribution < 1.29 is 37.3 Å². The number of ether oxygens (including phenoxy) is 2. The van der Waals surface area contributed by atoms with Crippen LogP contribution in [0, 0.1) is 17.2 Å². The fourth-order valence-corrected chi connectivity index (χ4v) is 3.60. The molecule has 176 valence electrons. The van der Waals surface area contributed by atoms with Gasteiger partial charge in [0.15, 0.2) is 0 Å². The lowest BCUT2D eigenvalue weighted by molar-refractivity contribution is -0.192. The normalized spacial score (nSPS) is 21.4. The minimum atomic E-state index is -5.08. The van der Waals surface area contributed by atoms with E-state index in [1.165, 1.54) is 0 Å². The third kappa shape index (κ3) is 7.47. The van der Waals surface area contributed by atoms with Gasteiger partial charge in [0.25, 0.3) is 5.91 Å². The minimum Gasteiger partial charge on any atom is -0.475 e. The molecule has 32 heavy (non-hydrogen) atoms. The van der Waals surface area contributed by atoms with E-state index >= 15 is 0 Å². The Morgan fingerprint density at radius 1 is 1.25 bits per heavy atom. The summed E-state index contributed by atoms with van der Waals surface area (Å²) in [7, 11) is 1.73. The van der Waals surface area contributed by atoms with Crippen molar-refractivity contribution in [1.29, 1.82) is 5.26 Å². The second kappa shape index (κ2) is 11.8. The highest BCUT2D eigenvalue weighted by Crippen LogP contribution is 2.25. The van der Waals surface area contributed by atoms with Crippen molar-refractivity contribution in [3.8, 4) is 6.07 Å². The first-order chi connectivity index (χ1) is 15.2. The van der Waals surface area contributed by atoms with Gasteiger partial charge in [-0.2, -0.15) is 18.4 Å². The molecular weight excluding hydrogens is 431 g/mol. The molecule has 3 rings (SSSR count). The number of carbonyl (C=O) groups excluding carboxylic acids is 1. The summed E-state index contributed by atoms with van der Waals surface area (Å²) in [6.07, 6.45) is -4.03. The van der Waals surface area contributed by atoms with Crippen molar-refractivity contribution >= 4 is 11.9 Å². The number of hydrogen-bond donors (Lipinski definition) is 1. The van der Waals surface area contributed by atoms with Gasteiger partial charge in [-0.3, -0.25) is 9.69 Å². The van der Waals surface area contributed by atoms with E-state index < -0.39 is 12.1 Å². The first-order valence-electron chi connectivity index (χ1n) is 10.1. The summed E-state index contributed by atoms with van der Waals surface area (Å²) in [5.74, 6) is -2.27. The third-order valence-corrected chi connectivity index (χ3v) is 5.33. The van der Waals surface area contributed by atoms with Gasteiger partial charge in [-0.05, 0) is 30.7 Å². The predicted octanol–water partition coefficient (Wildman–Crippen LogP) is 2.00. The number of likely N-dealkylation sites (tertiary alicyclic amines) is 1. The molecule has 1 aromatic carbocycles. The van der Waals surface area contributed by atoms with Crippen LogP contribution in [0.3, 0.4) is 0 Å². The predicted molar refractivity (Wildman–Crippen MR) is 107 cm³/mol. The number of benzene rings is 1. The summed E-state index contributed by atoms with van der Waals surface area (Å²) >= 11 is 0. The number of fused-ring (bicyclic) bond motifs is 1. The van der Waals surface area contributed by atoms with Crippen LogP contribution in [0.4, 0.5) is 13.2 Å². The number of alkyl halides is 3.